The first kappa shape index (κ1) is 21.5. The predicted molar refractivity (Wildman–Crippen MR) is 106 cm³/mol. The topological polar surface area (TPSA) is 111 Å². The normalized spacial score (nSPS) is 20.4. The first-order valence-electron chi connectivity index (χ1n) is 9.08. The number of halogens is 4. The average Bonchev–Trinajstić information content (AvgIpc) is 3.29. The summed E-state index contributed by atoms with van der Waals surface area (Å²) < 4.78 is 61.3. The van der Waals surface area contributed by atoms with Crippen LogP contribution in [0.1, 0.15) is 18.2 Å². The lowest BCUT2D eigenvalue weighted by Crippen LogP contribution is -2.49. The lowest BCUT2D eigenvalue weighted by molar-refractivity contribution is -0.263. The fourth-order valence-corrected chi connectivity index (χ4v) is 4.51. The highest BCUT2D eigenvalue weighted by Crippen LogP contribution is 2.49. The monoisotopic (exact) mass is 455 g/mol. The second kappa shape index (κ2) is 6.87. The van der Waals surface area contributed by atoms with Crippen molar-refractivity contribution in [2.75, 3.05) is 13.2 Å². The molecule has 0 saturated heterocycles. The largest absolute Gasteiger partial charge is 0.489 e. The maximum absolute atomic E-state index is 14.2. The van der Waals surface area contributed by atoms with E-state index in [4.69, 9.17) is 16.2 Å². The lowest BCUT2D eigenvalue weighted by Gasteiger charge is -2.30. The number of nitrogens with two attached hydrogens (primary N) is 2. The van der Waals surface area contributed by atoms with Gasteiger partial charge in [0, 0.05) is 28.4 Å². The van der Waals surface area contributed by atoms with Crippen LogP contribution in [0.15, 0.2) is 29.6 Å². The number of alkyl halides is 3. The minimum atomic E-state index is -5.15. The molecular weight excluding hydrogens is 438 g/mol. The molecule has 3 heterocycles. The number of nitrogens with zero attached hydrogens (tertiary/aromatic N) is 1. The molecule has 1 aliphatic heterocycles. The molecule has 11 heteroatoms. The molecular formula is C20H17F4N3O3S. The van der Waals surface area contributed by atoms with Crippen molar-refractivity contribution in [1.82, 2.24) is 4.98 Å². The van der Waals surface area contributed by atoms with E-state index >= 15 is 0 Å². The molecule has 0 unspecified atom stereocenters. The molecule has 6 nitrogen and oxygen atoms in total. The number of benzene rings is 1. The Morgan fingerprint density at radius 1 is 1.39 bits per heavy atom. The van der Waals surface area contributed by atoms with E-state index in [2.05, 4.69) is 4.98 Å². The summed E-state index contributed by atoms with van der Waals surface area (Å²) in [7, 11) is 0. The van der Waals surface area contributed by atoms with Gasteiger partial charge in [0.15, 0.2) is 0 Å². The molecule has 0 saturated carbocycles. The number of hydrogen-bond acceptors (Lipinski definition) is 6. The molecule has 0 aliphatic carbocycles. The first-order chi connectivity index (χ1) is 14.4. The van der Waals surface area contributed by atoms with Crippen LogP contribution in [-0.2, 0) is 15.8 Å². The van der Waals surface area contributed by atoms with Gasteiger partial charge in [0.05, 0.1) is 10.4 Å². The molecule has 2 aromatic heterocycles. The Labute approximate surface area is 177 Å². The Balaban J connectivity index is 2.08. The molecule has 0 fully saturated rings. The van der Waals surface area contributed by atoms with Crippen LogP contribution in [0.2, 0.25) is 0 Å². The second-order valence-corrected chi connectivity index (χ2v) is 8.43. The van der Waals surface area contributed by atoms with Crippen molar-refractivity contribution in [3.8, 4) is 17.0 Å². The highest BCUT2D eigenvalue weighted by molar-refractivity contribution is 7.17. The van der Waals surface area contributed by atoms with Gasteiger partial charge in [-0.25, -0.2) is 9.37 Å². The van der Waals surface area contributed by atoms with Gasteiger partial charge in [-0.15, -0.1) is 11.3 Å². The zero-order chi connectivity index (χ0) is 22.8. The zero-order valence-electron chi connectivity index (χ0n) is 16.1. The Hall–Kier alpha value is -2.76. The van der Waals surface area contributed by atoms with Gasteiger partial charge in [0.2, 0.25) is 11.5 Å². The van der Waals surface area contributed by atoms with Crippen molar-refractivity contribution in [3.05, 3.63) is 46.7 Å². The number of carbonyl (C=O) groups excluding carboxylic acids is 1. The van der Waals surface area contributed by atoms with Gasteiger partial charge in [-0.05, 0) is 19.1 Å². The molecule has 0 bridgehead atoms. The van der Waals surface area contributed by atoms with Crippen LogP contribution < -0.4 is 16.2 Å². The van der Waals surface area contributed by atoms with E-state index in [0.717, 1.165) is 17.4 Å². The molecule has 1 amide bonds. The number of hydrogen-bond donors (Lipinski definition) is 3. The number of aromatic nitrogens is 1. The van der Waals surface area contributed by atoms with Gasteiger partial charge >= 0.3 is 6.18 Å². The van der Waals surface area contributed by atoms with Crippen molar-refractivity contribution in [2.45, 2.75) is 24.1 Å². The van der Waals surface area contributed by atoms with E-state index in [1.807, 2.05) is 0 Å². The predicted octanol–water partition coefficient (Wildman–Crippen LogP) is 2.95. The molecule has 164 valence electrons. The standard InChI is InChI=1S/C20H17F4N3O3S/c1-18(17(26)28)8-30-15-11(18)5-13(19(29,7-25)20(22,23)24)27-14(15)10-6-31-16-9(10)3-2-4-12(16)21/h2-6,29H,7-8,25H2,1H3,(H2,26,28)/t18-,19-/m0/s1. The number of rotatable bonds is 4. The number of pyridine rings is 1. The van der Waals surface area contributed by atoms with Gasteiger partial charge in [-0.1, -0.05) is 12.1 Å². The van der Waals surface area contributed by atoms with Crippen LogP contribution in [-0.4, -0.2) is 35.3 Å². The van der Waals surface area contributed by atoms with Crippen LogP contribution in [0.4, 0.5) is 17.6 Å². The van der Waals surface area contributed by atoms with Crippen LogP contribution >= 0.6 is 11.3 Å². The summed E-state index contributed by atoms with van der Waals surface area (Å²) >= 11 is 1.04. The highest BCUT2D eigenvalue weighted by atomic mass is 32.1. The second-order valence-electron chi connectivity index (χ2n) is 7.55. The average molecular weight is 455 g/mol. The van der Waals surface area contributed by atoms with Crippen LogP contribution in [0.25, 0.3) is 21.3 Å². The van der Waals surface area contributed by atoms with E-state index < -0.39 is 41.2 Å². The van der Waals surface area contributed by atoms with Crippen molar-refractivity contribution < 1.29 is 32.2 Å². The quantitative estimate of drug-likeness (QED) is 0.524. The fourth-order valence-electron chi connectivity index (χ4n) is 3.55. The van der Waals surface area contributed by atoms with Gasteiger partial charge in [-0.2, -0.15) is 13.2 Å². The number of fused-ring (bicyclic) bond motifs is 2. The Morgan fingerprint density at radius 3 is 2.71 bits per heavy atom. The summed E-state index contributed by atoms with van der Waals surface area (Å²) in [6, 6.07) is 5.25. The molecule has 2 atom stereocenters. The SMILES string of the molecule is C[C@]1(C(N)=O)COc2c1cc([C@@](O)(CN)C(F)(F)F)nc2-c1csc2c(F)cccc12. The maximum atomic E-state index is 14.2. The van der Waals surface area contributed by atoms with Crippen molar-refractivity contribution >= 4 is 27.3 Å². The summed E-state index contributed by atoms with van der Waals surface area (Å²) in [6.45, 7) is 0.00337. The van der Waals surface area contributed by atoms with E-state index in [0.29, 0.717) is 10.9 Å². The number of aliphatic hydroxyl groups is 1. The maximum Gasteiger partial charge on any atom is 0.424 e. The zero-order valence-corrected chi connectivity index (χ0v) is 16.9. The summed E-state index contributed by atoms with van der Waals surface area (Å²) in [5.41, 5.74) is 5.35. The van der Waals surface area contributed by atoms with E-state index in [1.165, 1.54) is 24.4 Å². The summed E-state index contributed by atoms with van der Waals surface area (Å²) in [5.74, 6) is -1.27. The number of amides is 1. The smallest absolute Gasteiger partial charge is 0.424 e. The third-order valence-electron chi connectivity index (χ3n) is 5.61. The van der Waals surface area contributed by atoms with Crippen molar-refractivity contribution in [2.24, 2.45) is 11.5 Å². The molecule has 31 heavy (non-hydrogen) atoms. The summed E-state index contributed by atoms with van der Waals surface area (Å²) in [5, 5.41) is 12.3. The molecule has 1 aromatic carbocycles. The summed E-state index contributed by atoms with van der Waals surface area (Å²) in [6.07, 6.45) is -5.15. The summed E-state index contributed by atoms with van der Waals surface area (Å²) in [4.78, 5) is 16.2. The van der Waals surface area contributed by atoms with Gasteiger partial charge in [0.1, 0.15) is 29.3 Å². The van der Waals surface area contributed by atoms with E-state index in [-0.39, 0.29) is 28.3 Å². The van der Waals surface area contributed by atoms with Gasteiger partial charge in [0.25, 0.3) is 0 Å². The van der Waals surface area contributed by atoms with Crippen LogP contribution in [0, 0.1) is 5.82 Å². The molecule has 0 radical (unpaired) electrons. The molecule has 1 aliphatic rings. The van der Waals surface area contributed by atoms with Crippen molar-refractivity contribution in [3.63, 3.8) is 0 Å². The third kappa shape index (κ3) is 2.99. The third-order valence-corrected chi connectivity index (χ3v) is 6.62. The van der Waals surface area contributed by atoms with E-state index in [1.54, 1.807) is 6.07 Å². The van der Waals surface area contributed by atoms with Crippen LogP contribution in [0.3, 0.4) is 0 Å². The minimum absolute atomic E-state index is 0.0480. The molecule has 0 spiro atoms. The Kier molecular flexibility index (Phi) is 4.76. The molecule has 5 N–H and O–H groups in total. The van der Waals surface area contributed by atoms with Crippen LogP contribution in [0.5, 0.6) is 5.75 Å². The highest BCUT2D eigenvalue weighted by Gasteiger charge is 2.56. The molecule has 4 rings (SSSR count). The van der Waals surface area contributed by atoms with Crippen molar-refractivity contribution in [1.29, 1.82) is 0 Å². The Morgan fingerprint density at radius 2 is 2.10 bits per heavy atom. The Bertz CT molecular complexity index is 1210. The minimum Gasteiger partial charge on any atom is -0.489 e. The number of primary amides is 1. The first-order valence-corrected chi connectivity index (χ1v) is 9.96. The molecule has 3 aromatic rings. The number of carbonyl (C=O) groups is 1. The number of thiophene rings is 1. The number of ether oxygens (including phenoxy) is 1. The van der Waals surface area contributed by atoms with E-state index in [9.17, 15) is 27.5 Å². The van der Waals surface area contributed by atoms with Gasteiger partial charge in [-0.3, -0.25) is 4.79 Å². The fraction of sp³-hybridized carbons (Fsp3) is 0.300. The lowest BCUT2D eigenvalue weighted by atomic mass is 9.82. The van der Waals surface area contributed by atoms with Gasteiger partial charge < -0.3 is 21.3 Å².